The fourth-order valence-electron chi connectivity index (χ4n) is 2.70. The lowest BCUT2D eigenvalue weighted by Gasteiger charge is -2.19. The molecular formula is C20H15BrN2O2S2. The van der Waals surface area contributed by atoms with Gasteiger partial charge in [0.25, 0.3) is 5.91 Å². The second-order valence-electron chi connectivity index (χ2n) is 5.81. The summed E-state index contributed by atoms with van der Waals surface area (Å²) in [5.41, 5.74) is 1.50. The number of carbonyl (C=O) groups excluding carboxylic acids is 1. The maximum atomic E-state index is 13.3. The Bertz CT molecular complexity index is 1090. The molecule has 1 amide bonds. The summed E-state index contributed by atoms with van der Waals surface area (Å²) in [6, 6.07) is 17.2. The molecule has 0 aliphatic heterocycles. The number of aromatic nitrogens is 1. The first kappa shape index (κ1) is 18.3. The molecule has 4 rings (SSSR count). The van der Waals surface area contributed by atoms with Gasteiger partial charge < -0.3 is 4.42 Å². The van der Waals surface area contributed by atoms with Crippen LogP contribution in [-0.2, 0) is 6.54 Å². The van der Waals surface area contributed by atoms with Gasteiger partial charge in [-0.3, -0.25) is 9.69 Å². The maximum Gasteiger partial charge on any atom is 0.260 e. The van der Waals surface area contributed by atoms with Crippen LogP contribution in [0.1, 0.15) is 16.1 Å². The van der Waals surface area contributed by atoms with Crippen molar-refractivity contribution in [3.63, 3.8) is 0 Å². The lowest BCUT2D eigenvalue weighted by atomic mass is 10.2. The van der Waals surface area contributed by atoms with Crippen molar-refractivity contribution in [1.82, 2.24) is 4.98 Å². The Hall–Kier alpha value is -2.09. The number of halogens is 1. The third-order valence-electron chi connectivity index (χ3n) is 4.03. The van der Waals surface area contributed by atoms with Gasteiger partial charge in [0.05, 0.1) is 23.0 Å². The molecule has 7 heteroatoms. The van der Waals surface area contributed by atoms with Crippen LogP contribution in [-0.4, -0.2) is 17.1 Å². The number of hydrogen-bond donors (Lipinski definition) is 0. The lowest BCUT2D eigenvalue weighted by molar-refractivity contribution is 0.0983. The Balaban J connectivity index is 1.76. The van der Waals surface area contributed by atoms with E-state index >= 15 is 0 Å². The van der Waals surface area contributed by atoms with E-state index in [-0.39, 0.29) is 5.91 Å². The topological polar surface area (TPSA) is 46.3 Å². The Kier molecular flexibility index (Phi) is 5.33. The summed E-state index contributed by atoms with van der Waals surface area (Å²) < 4.78 is 7.49. The van der Waals surface area contributed by atoms with Crippen molar-refractivity contribution in [2.45, 2.75) is 11.4 Å². The van der Waals surface area contributed by atoms with Gasteiger partial charge in [0, 0.05) is 14.9 Å². The molecule has 0 saturated heterocycles. The van der Waals surface area contributed by atoms with E-state index in [1.54, 1.807) is 22.9 Å². The highest BCUT2D eigenvalue weighted by Crippen LogP contribution is 2.32. The van der Waals surface area contributed by atoms with Gasteiger partial charge in [-0.2, -0.15) is 0 Å². The summed E-state index contributed by atoms with van der Waals surface area (Å²) in [5, 5.41) is 0.652. The number of furan rings is 1. The highest BCUT2D eigenvalue weighted by atomic mass is 79.9. The summed E-state index contributed by atoms with van der Waals surface area (Å²) >= 11 is 6.59. The molecule has 0 aliphatic carbocycles. The molecular weight excluding hydrogens is 444 g/mol. The lowest BCUT2D eigenvalue weighted by Crippen LogP contribution is -2.30. The zero-order valence-corrected chi connectivity index (χ0v) is 17.6. The highest BCUT2D eigenvalue weighted by molar-refractivity contribution is 9.10. The fourth-order valence-corrected chi connectivity index (χ4v) is 4.67. The molecule has 0 aliphatic rings. The van der Waals surface area contributed by atoms with Crippen molar-refractivity contribution in [3.8, 4) is 0 Å². The number of nitrogens with zero attached hydrogens (tertiary/aromatic N) is 2. The van der Waals surface area contributed by atoms with Gasteiger partial charge in [0.15, 0.2) is 5.13 Å². The molecule has 2 heterocycles. The summed E-state index contributed by atoms with van der Waals surface area (Å²) in [5.74, 6) is 0.616. The maximum absolute atomic E-state index is 13.3. The minimum Gasteiger partial charge on any atom is -0.467 e. The van der Waals surface area contributed by atoms with Crippen LogP contribution < -0.4 is 4.90 Å². The number of anilines is 1. The molecule has 4 aromatic rings. The number of benzene rings is 2. The zero-order valence-electron chi connectivity index (χ0n) is 14.4. The Morgan fingerprint density at radius 2 is 2.11 bits per heavy atom. The predicted molar refractivity (Wildman–Crippen MR) is 115 cm³/mol. The molecule has 0 N–H and O–H groups in total. The number of carbonyl (C=O) groups is 1. The number of thiazole rings is 1. The smallest absolute Gasteiger partial charge is 0.260 e. The standard InChI is InChI=1S/C20H15BrN2O2S2/c1-26-16-6-2-4-13(10-16)19(24)23(12-15-5-3-9-25-15)20-22-17-8-7-14(21)11-18(17)27-20/h2-11H,12H2,1H3. The molecule has 0 spiro atoms. The minimum absolute atomic E-state index is 0.0968. The summed E-state index contributed by atoms with van der Waals surface area (Å²) in [6.45, 7) is 0.330. The van der Waals surface area contributed by atoms with E-state index in [0.717, 1.165) is 19.6 Å². The highest BCUT2D eigenvalue weighted by Gasteiger charge is 2.23. The number of rotatable bonds is 5. The molecule has 0 bridgehead atoms. The van der Waals surface area contributed by atoms with E-state index in [0.29, 0.717) is 23.0 Å². The molecule has 0 atom stereocenters. The number of amides is 1. The van der Waals surface area contributed by atoms with Crippen LogP contribution in [0.3, 0.4) is 0 Å². The van der Waals surface area contributed by atoms with Gasteiger partial charge in [-0.15, -0.1) is 11.8 Å². The second-order valence-corrected chi connectivity index (χ2v) is 8.62. The monoisotopic (exact) mass is 458 g/mol. The van der Waals surface area contributed by atoms with E-state index in [4.69, 9.17) is 4.42 Å². The van der Waals surface area contributed by atoms with Crippen LogP contribution in [0.5, 0.6) is 0 Å². The van der Waals surface area contributed by atoms with Crippen LogP contribution in [0.15, 0.2) is 74.6 Å². The number of fused-ring (bicyclic) bond motifs is 1. The Morgan fingerprint density at radius 3 is 2.89 bits per heavy atom. The molecule has 2 aromatic heterocycles. The van der Waals surface area contributed by atoms with Crippen molar-refractivity contribution >= 4 is 60.3 Å². The first-order chi connectivity index (χ1) is 13.1. The molecule has 2 aromatic carbocycles. The van der Waals surface area contributed by atoms with Crippen molar-refractivity contribution in [1.29, 1.82) is 0 Å². The van der Waals surface area contributed by atoms with Crippen LogP contribution >= 0.6 is 39.0 Å². The first-order valence-corrected chi connectivity index (χ1v) is 11.0. The van der Waals surface area contributed by atoms with E-state index in [1.807, 2.05) is 60.9 Å². The molecule has 27 heavy (non-hydrogen) atoms. The Labute approximate surface area is 173 Å². The number of thioether (sulfide) groups is 1. The van der Waals surface area contributed by atoms with Crippen LogP contribution in [0, 0.1) is 0 Å². The average molecular weight is 459 g/mol. The van der Waals surface area contributed by atoms with Gasteiger partial charge >= 0.3 is 0 Å². The molecule has 4 nitrogen and oxygen atoms in total. The SMILES string of the molecule is CSc1cccc(C(=O)N(Cc2ccco2)c2nc3ccc(Br)cc3s2)c1. The van der Waals surface area contributed by atoms with Crippen molar-refractivity contribution in [3.05, 3.63) is 76.7 Å². The minimum atomic E-state index is -0.0968. The molecule has 0 saturated carbocycles. The summed E-state index contributed by atoms with van der Waals surface area (Å²) in [4.78, 5) is 20.7. The predicted octanol–water partition coefficient (Wildman–Crippen LogP) is 6.22. The van der Waals surface area contributed by atoms with E-state index in [9.17, 15) is 4.79 Å². The third-order valence-corrected chi connectivity index (χ3v) is 6.29. The molecule has 0 unspecified atom stereocenters. The summed E-state index contributed by atoms with van der Waals surface area (Å²) in [6.07, 6.45) is 3.61. The molecule has 136 valence electrons. The zero-order chi connectivity index (χ0) is 18.8. The van der Waals surface area contributed by atoms with Gasteiger partial charge in [-0.05, 0) is 54.8 Å². The number of hydrogen-bond acceptors (Lipinski definition) is 5. The average Bonchev–Trinajstić information content (AvgIpc) is 3.34. The van der Waals surface area contributed by atoms with Crippen LogP contribution in [0.2, 0.25) is 0 Å². The van der Waals surface area contributed by atoms with E-state index < -0.39 is 0 Å². The van der Waals surface area contributed by atoms with Gasteiger partial charge in [-0.1, -0.05) is 33.3 Å². The van der Waals surface area contributed by atoms with Gasteiger partial charge in [-0.25, -0.2) is 4.98 Å². The third kappa shape index (κ3) is 3.95. The second kappa shape index (κ2) is 7.88. The van der Waals surface area contributed by atoms with Crippen molar-refractivity contribution < 1.29 is 9.21 Å². The van der Waals surface area contributed by atoms with Crippen molar-refractivity contribution in [2.24, 2.45) is 0 Å². The normalized spacial score (nSPS) is 11.0. The van der Waals surface area contributed by atoms with E-state index in [2.05, 4.69) is 20.9 Å². The largest absolute Gasteiger partial charge is 0.467 e. The van der Waals surface area contributed by atoms with Crippen LogP contribution in [0.25, 0.3) is 10.2 Å². The van der Waals surface area contributed by atoms with Crippen LogP contribution in [0.4, 0.5) is 5.13 Å². The first-order valence-electron chi connectivity index (χ1n) is 8.18. The van der Waals surface area contributed by atoms with Gasteiger partial charge in [0.1, 0.15) is 5.76 Å². The molecule has 0 fully saturated rings. The van der Waals surface area contributed by atoms with Crippen molar-refractivity contribution in [2.75, 3.05) is 11.2 Å². The quantitative estimate of drug-likeness (QED) is 0.333. The Morgan fingerprint density at radius 1 is 1.22 bits per heavy atom. The summed E-state index contributed by atoms with van der Waals surface area (Å²) in [7, 11) is 0. The molecule has 0 radical (unpaired) electrons. The fraction of sp³-hybridized carbons (Fsp3) is 0.100. The van der Waals surface area contributed by atoms with Gasteiger partial charge in [0.2, 0.25) is 0 Å². The van der Waals surface area contributed by atoms with E-state index in [1.165, 1.54) is 11.3 Å².